The van der Waals surface area contributed by atoms with Crippen molar-refractivity contribution in [3.05, 3.63) is 46.9 Å². The number of carbonyl (C=O) groups is 2. The molecule has 0 fully saturated rings. The van der Waals surface area contributed by atoms with Crippen LogP contribution in [0.5, 0.6) is 11.5 Å². The van der Waals surface area contributed by atoms with Crippen molar-refractivity contribution in [2.45, 2.75) is 39.0 Å². The Labute approximate surface area is 179 Å². The summed E-state index contributed by atoms with van der Waals surface area (Å²) in [5.41, 5.74) is -0.373. The molecule has 0 aliphatic heterocycles. The van der Waals surface area contributed by atoms with Crippen LogP contribution in [0, 0.1) is 18.6 Å². The summed E-state index contributed by atoms with van der Waals surface area (Å²) < 4.78 is 44.2. The molecule has 7 nitrogen and oxygen atoms in total. The molecule has 1 aromatic carbocycles. The number of unbranched alkanes of at least 4 members (excludes halogenated alkanes) is 1. The fourth-order valence-corrected chi connectivity index (χ4v) is 3.20. The number of hydrogen-bond acceptors (Lipinski definition) is 5. The molecule has 170 valence electrons. The quantitative estimate of drug-likeness (QED) is 0.499. The van der Waals surface area contributed by atoms with E-state index < -0.39 is 29.3 Å². The van der Waals surface area contributed by atoms with Crippen molar-refractivity contribution in [2.24, 2.45) is 0 Å². The van der Waals surface area contributed by atoms with E-state index in [0.29, 0.717) is 25.7 Å². The van der Waals surface area contributed by atoms with Gasteiger partial charge in [-0.1, -0.05) is 0 Å². The molecule has 1 aromatic heterocycles. The van der Waals surface area contributed by atoms with Crippen molar-refractivity contribution in [2.75, 3.05) is 27.3 Å². The lowest BCUT2D eigenvalue weighted by Crippen LogP contribution is -2.34. The number of rotatable bonds is 12. The number of halogens is 2. The van der Waals surface area contributed by atoms with E-state index in [9.17, 15) is 18.4 Å². The van der Waals surface area contributed by atoms with Crippen LogP contribution < -0.4 is 9.47 Å². The van der Waals surface area contributed by atoms with Crippen molar-refractivity contribution in [3.63, 3.8) is 0 Å². The third kappa shape index (κ3) is 6.44. The van der Waals surface area contributed by atoms with Gasteiger partial charge < -0.3 is 23.9 Å². The number of carboxylic acids is 1. The van der Waals surface area contributed by atoms with Crippen LogP contribution in [-0.2, 0) is 11.2 Å². The summed E-state index contributed by atoms with van der Waals surface area (Å²) in [7, 11) is 2.31. The van der Waals surface area contributed by atoms with Crippen molar-refractivity contribution in [3.8, 4) is 11.5 Å². The molecule has 0 saturated heterocycles. The summed E-state index contributed by atoms with van der Waals surface area (Å²) in [6, 6.07) is 4.70. The average molecular weight is 439 g/mol. The molecule has 0 aliphatic rings. The molecule has 0 unspecified atom stereocenters. The monoisotopic (exact) mass is 439 g/mol. The summed E-state index contributed by atoms with van der Waals surface area (Å²) >= 11 is 0. The van der Waals surface area contributed by atoms with Gasteiger partial charge in [0.2, 0.25) is 5.82 Å². The first-order chi connectivity index (χ1) is 14.8. The highest BCUT2D eigenvalue weighted by Gasteiger charge is 2.27. The highest BCUT2D eigenvalue weighted by molar-refractivity contribution is 5.95. The molecule has 2 rings (SSSR count). The van der Waals surface area contributed by atoms with Gasteiger partial charge in [0, 0.05) is 25.9 Å². The Morgan fingerprint density at radius 2 is 1.77 bits per heavy atom. The summed E-state index contributed by atoms with van der Waals surface area (Å²) in [5, 5.41) is 8.81. The third-order valence-corrected chi connectivity index (χ3v) is 4.78. The van der Waals surface area contributed by atoms with Gasteiger partial charge in [0.15, 0.2) is 17.3 Å². The second-order valence-electron chi connectivity index (χ2n) is 7.05. The number of carboxylic acid groups (broad SMARTS) is 1. The number of aliphatic carboxylic acids is 1. The summed E-state index contributed by atoms with van der Waals surface area (Å²) in [6.45, 7) is 2.34. The lowest BCUT2D eigenvalue weighted by Gasteiger charge is -2.23. The van der Waals surface area contributed by atoms with E-state index in [2.05, 4.69) is 0 Å². The fourth-order valence-electron chi connectivity index (χ4n) is 3.20. The number of hydrogen-bond donors (Lipinski definition) is 1. The molecule has 1 amide bonds. The van der Waals surface area contributed by atoms with Crippen LogP contribution in [0.2, 0.25) is 0 Å². The first-order valence-corrected chi connectivity index (χ1v) is 9.94. The van der Waals surface area contributed by atoms with Gasteiger partial charge in [-0.05, 0) is 44.4 Å². The van der Waals surface area contributed by atoms with Gasteiger partial charge in [0.05, 0.1) is 19.8 Å². The molecule has 0 radical (unpaired) electrons. The number of nitrogens with zero attached hydrogens (tertiary/aromatic N) is 1. The Morgan fingerprint density at radius 3 is 2.35 bits per heavy atom. The summed E-state index contributed by atoms with van der Waals surface area (Å²) in [6.07, 6.45) is 1.89. The minimum atomic E-state index is -1.11. The Bertz CT molecular complexity index is 912. The molecule has 1 heterocycles. The van der Waals surface area contributed by atoms with Crippen molar-refractivity contribution in [1.82, 2.24) is 4.90 Å². The van der Waals surface area contributed by atoms with Gasteiger partial charge in [0.25, 0.3) is 5.91 Å². The molecule has 0 aliphatic carbocycles. The molecule has 0 saturated carbocycles. The Balaban J connectivity index is 2.20. The molecule has 0 bridgehead atoms. The van der Waals surface area contributed by atoms with Gasteiger partial charge in [-0.25, -0.2) is 4.39 Å². The predicted octanol–water partition coefficient (Wildman–Crippen LogP) is 4.21. The molecule has 0 atom stereocenters. The minimum Gasteiger partial charge on any atom is -0.494 e. The van der Waals surface area contributed by atoms with Gasteiger partial charge in [-0.15, -0.1) is 0 Å². The maximum Gasteiger partial charge on any atom is 0.303 e. The SMILES string of the molecule is COc1cc(C(=O)N(CCCCC(=O)O)CCCc2ccc(C)o2)c(F)c(OC)c1F. The van der Waals surface area contributed by atoms with E-state index in [0.717, 1.165) is 24.7 Å². The number of carbonyl (C=O) groups excluding carboxylic acids is 1. The first-order valence-electron chi connectivity index (χ1n) is 9.94. The maximum absolute atomic E-state index is 14.8. The second-order valence-corrected chi connectivity index (χ2v) is 7.05. The van der Waals surface area contributed by atoms with E-state index in [1.807, 2.05) is 19.1 Å². The van der Waals surface area contributed by atoms with E-state index in [1.165, 1.54) is 12.0 Å². The van der Waals surface area contributed by atoms with E-state index in [4.69, 9.17) is 19.0 Å². The smallest absolute Gasteiger partial charge is 0.303 e. The van der Waals surface area contributed by atoms with E-state index in [1.54, 1.807) is 0 Å². The van der Waals surface area contributed by atoms with Gasteiger partial charge in [-0.2, -0.15) is 4.39 Å². The average Bonchev–Trinajstić information content (AvgIpc) is 3.14. The van der Waals surface area contributed by atoms with Crippen molar-refractivity contribution in [1.29, 1.82) is 0 Å². The molecule has 2 aromatic rings. The summed E-state index contributed by atoms with van der Waals surface area (Å²) in [5.74, 6) is -3.16. The molecule has 9 heteroatoms. The second kappa shape index (κ2) is 11.3. The Kier molecular flexibility index (Phi) is 8.84. The van der Waals surface area contributed by atoms with Crippen LogP contribution in [0.25, 0.3) is 0 Å². The molecule has 0 spiro atoms. The molecular weight excluding hydrogens is 412 g/mol. The van der Waals surface area contributed by atoms with Crippen LogP contribution in [0.4, 0.5) is 8.78 Å². The lowest BCUT2D eigenvalue weighted by atomic mass is 10.1. The largest absolute Gasteiger partial charge is 0.494 e. The number of amides is 1. The Morgan fingerprint density at radius 1 is 1.06 bits per heavy atom. The maximum atomic E-state index is 14.8. The molecular formula is C22H27F2NO6. The van der Waals surface area contributed by atoms with Gasteiger partial charge in [-0.3, -0.25) is 9.59 Å². The van der Waals surface area contributed by atoms with Crippen LogP contribution >= 0.6 is 0 Å². The minimum absolute atomic E-state index is 0.0275. The van der Waals surface area contributed by atoms with Gasteiger partial charge >= 0.3 is 5.97 Å². The van der Waals surface area contributed by atoms with Crippen LogP contribution in [0.1, 0.15) is 47.6 Å². The van der Waals surface area contributed by atoms with Crippen molar-refractivity contribution < 1.29 is 37.4 Å². The zero-order valence-electron chi connectivity index (χ0n) is 17.9. The highest BCUT2D eigenvalue weighted by Crippen LogP contribution is 2.33. The van der Waals surface area contributed by atoms with E-state index >= 15 is 0 Å². The molecule has 31 heavy (non-hydrogen) atoms. The number of benzene rings is 1. The number of furan rings is 1. The predicted molar refractivity (Wildman–Crippen MR) is 109 cm³/mol. The van der Waals surface area contributed by atoms with Crippen LogP contribution in [0.3, 0.4) is 0 Å². The fraction of sp³-hybridized carbons (Fsp3) is 0.455. The lowest BCUT2D eigenvalue weighted by molar-refractivity contribution is -0.137. The number of aryl methyl sites for hydroxylation is 2. The van der Waals surface area contributed by atoms with Gasteiger partial charge in [0.1, 0.15) is 11.5 Å². The number of methoxy groups -OCH3 is 2. The first kappa shape index (κ1) is 24.2. The summed E-state index contributed by atoms with van der Waals surface area (Å²) in [4.78, 5) is 25.3. The highest BCUT2D eigenvalue weighted by atomic mass is 19.1. The third-order valence-electron chi connectivity index (χ3n) is 4.78. The zero-order chi connectivity index (χ0) is 23.0. The van der Waals surface area contributed by atoms with Crippen LogP contribution in [0.15, 0.2) is 22.6 Å². The van der Waals surface area contributed by atoms with Crippen molar-refractivity contribution >= 4 is 11.9 Å². The topological polar surface area (TPSA) is 89.2 Å². The van der Waals surface area contributed by atoms with Crippen LogP contribution in [-0.4, -0.2) is 49.2 Å². The standard InChI is InChI=1S/C22H27F2NO6/c1-14-9-10-15(31-14)7-6-12-25(11-5-4-8-18(26)27)22(28)16-13-17(29-2)20(24)21(30-3)19(16)23/h9-10,13H,4-8,11-12H2,1-3H3,(H,26,27). The number of ether oxygens (including phenoxy) is 2. The van der Waals surface area contributed by atoms with E-state index in [-0.39, 0.29) is 30.8 Å². The zero-order valence-corrected chi connectivity index (χ0v) is 17.9. The normalized spacial score (nSPS) is 10.7. The molecule has 1 N–H and O–H groups in total. The Hall–Kier alpha value is -3.10.